The van der Waals surface area contributed by atoms with Crippen LogP contribution in [-0.4, -0.2) is 25.2 Å². The summed E-state index contributed by atoms with van der Waals surface area (Å²) in [4.78, 5) is 25.2. The summed E-state index contributed by atoms with van der Waals surface area (Å²) in [5, 5.41) is 9.59. The number of fused-ring (bicyclic) bond motifs is 7. The number of ether oxygens (including phenoxy) is 2. The third-order valence-corrected chi connectivity index (χ3v) is 15.7. The molecule has 10 atom stereocenters. The molecular weight excluding hydrogens is 558 g/mol. The van der Waals surface area contributed by atoms with Crippen molar-refractivity contribution in [3.8, 4) is 6.07 Å². The van der Waals surface area contributed by atoms with Crippen LogP contribution in [0.1, 0.15) is 145 Å². The van der Waals surface area contributed by atoms with E-state index in [1.165, 1.54) is 64.0 Å². The summed E-state index contributed by atoms with van der Waals surface area (Å²) in [5.41, 5.74) is 1.88. The van der Waals surface area contributed by atoms with E-state index in [2.05, 4.69) is 54.2 Å². The Morgan fingerprint density at radius 1 is 0.867 bits per heavy atom. The van der Waals surface area contributed by atoms with E-state index >= 15 is 0 Å². The Balaban J connectivity index is 1.37. The van der Waals surface area contributed by atoms with Crippen LogP contribution in [0, 0.1) is 73.4 Å². The van der Waals surface area contributed by atoms with E-state index in [1.54, 1.807) is 0 Å². The van der Waals surface area contributed by atoms with Crippen LogP contribution in [0.2, 0.25) is 0 Å². The fraction of sp³-hybridized carbons (Fsp3) is 0.875. The first kappa shape index (κ1) is 34.5. The topological polar surface area (TPSA) is 76.4 Å². The van der Waals surface area contributed by atoms with Crippen molar-refractivity contribution in [2.75, 3.05) is 7.11 Å². The summed E-state index contributed by atoms with van der Waals surface area (Å²) in [7, 11) is 1.40. The van der Waals surface area contributed by atoms with Gasteiger partial charge in [0.2, 0.25) is 0 Å². The lowest BCUT2D eigenvalue weighted by molar-refractivity contribution is -0.250. The van der Waals surface area contributed by atoms with Crippen molar-refractivity contribution in [2.45, 2.75) is 151 Å². The molecule has 0 spiro atoms. The average Bonchev–Trinajstić information content (AvgIpc) is 3.33. The molecule has 5 fully saturated rings. The molecule has 0 aromatic rings. The molecule has 45 heavy (non-hydrogen) atoms. The normalized spacial score (nSPS) is 43.5. The van der Waals surface area contributed by atoms with E-state index in [4.69, 9.17) is 9.47 Å². The SMILES string of the molecule is C=C(C)[C@@H]1CC[C@]2(CCC#N)CC[C@]3(C)C(CCC4[C@@]5(C)CC[C@H](OC(=O)CC(C)(C)CC(=O)OC)C(C)(C)C5CC[C@]43C)C12. The van der Waals surface area contributed by atoms with Crippen LogP contribution in [0.15, 0.2) is 12.2 Å². The summed E-state index contributed by atoms with van der Waals surface area (Å²) >= 11 is 0. The van der Waals surface area contributed by atoms with Crippen molar-refractivity contribution >= 4 is 11.9 Å². The summed E-state index contributed by atoms with van der Waals surface area (Å²) in [6.07, 6.45) is 14.2. The molecule has 5 rings (SSSR count). The zero-order valence-electron chi connectivity index (χ0n) is 30.2. The largest absolute Gasteiger partial charge is 0.469 e. The van der Waals surface area contributed by atoms with Crippen molar-refractivity contribution in [2.24, 2.45) is 62.1 Å². The van der Waals surface area contributed by atoms with Gasteiger partial charge in [-0.25, -0.2) is 0 Å². The standard InChI is InChI=1S/C40H63NO4/c1-26(2)27-14-20-40(17-11-23-41)22-21-38(8)28(34(27)40)12-13-30-37(7)18-16-31(36(5,6)29(37)15-19-39(30,38)9)45-33(43)25-35(3,4)24-32(42)44-10/h27-31,34H,1,11-22,24-25H2,2-10H3/t27-,28?,29?,30?,31-,34?,37-,38+,39+,40+/m0/s1. The molecule has 0 heterocycles. The lowest BCUT2D eigenvalue weighted by Crippen LogP contribution is -2.66. The highest BCUT2D eigenvalue weighted by atomic mass is 16.5. The molecule has 0 radical (unpaired) electrons. The van der Waals surface area contributed by atoms with Gasteiger partial charge in [0.15, 0.2) is 0 Å². The van der Waals surface area contributed by atoms with Crippen LogP contribution in [0.3, 0.4) is 0 Å². The fourth-order valence-electron chi connectivity index (χ4n) is 13.3. The minimum Gasteiger partial charge on any atom is -0.469 e. The van der Waals surface area contributed by atoms with Gasteiger partial charge in [0.1, 0.15) is 6.10 Å². The van der Waals surface area contributed by atoms with Gasteiger partial charge in [-0.1, -0.05) is 60.6 Å². The molecule has 5 nitrogen and oxygen atoms in total. The lowest BCUT2D eigenvalue weighted by Gasteiger charge is -2.73. The Morgan fingerprint density at radius 2 is 1.56 bits per heavy atom. The second kappa shape index (κ2) is 11.7. The number of allylic oxidation sites excluding steroid dienone is 1. The second-order valence-electron chi connectivity index (χ2n) is 18.6. The maximum absolute atomic E-state index is 13.3. The molecular formula is C40H63NO4. The van der Waals surface area contributed by atoms with Gasteiger partial charge < -0.3 is 9.47 Å². The van der Waals surface area contributed by atoms with Crippen LogP contribution in [0.5, 0.6) is 0 Å². The summed E-state index contributed by atoms with van der Waals surface area (Å²) < 4.78 is 11.2. The van der Waals surface area contributed by atoms with E-state index in [9.17, 15) is 14.9 Å². The van der Waals surface area contributed by atoms with Gasteiger partial charge in [-0.05, 0) is 134 Å². The minimum atomic E-state index is -0.493. The van der Waals surface area contributed by atoms with Crippen LogP contribution in [0.25, 0.3) is 0 Å². The molecule has 0 N–H and O–H groups in total. The highest BCUT2D eigenvalue weighted by molar-refractivity contribution is 5.74. The van der Waals surface area contributed by atoms with Gasteiger partial charge >= 0.3 is 11.9 Å². The number of nitrogens with zero attached hydrogens (tertiary/aromatic N) is 1. The Bertz CT molecular complexity index is 1230. The zero-order chi connectivity index (χ0) is 33.2. The predicted molar refractivity (Wildman–Crippen MR) is 179 cm³/mol. The van der Waals surface area contributed by atoms with Gasteiger partial charge in [0.25, 0.3) is 0 Å². The molecule has 5 aliphatic rings. The Labute approximate surface area is 274 Å². The van der Waals surface area contributed by atoms with Gasteiger partial charge in [0.05, 0.1) is 26.0 Å². The number of hydrogen-bond donors (Lipinski definition) is 0. The number of hydrogen-bond acceptors (Lipinski definition) is 5. The number of carbonyl (C=O) groups is 2. The van der Waals surface area contributed by atoms with E-state index < -0.39 is 5.41 Å². The molecule has 5 heteroatoms. The Morgan fingerprint density at radius 3 is 2.20 bits per heavy atom. The summed E-state index contributed by atoms with van der Waals surface area (Å²) in [6, 6.07) is 2.51. The van der Waals surface area contributed by atoms with Crippen molar-refractivity contribution in [1.82, 2.24) is 0 Å². The summed E-state index contributed by atoms with van der Waals surface area (Å²) in [6.45, 7) is 23.4. The third kappa shape index (κ3) is 5.41. The maximum Gasteiger partial charge on any atom is 0.306 e. The van der Waals surface area contributed by atoms with Gasteiger partial charge in [-0.3, -0.25) is 9.59 Å². The van der Waals surface area contributed by atoms with Crippen LogP contribution < -0.4 is 0 Å². The first-order chi connectivity index (χ1) is 20.9. The second-order valence-corrected chi connectivity index (χ2v) is 18.6. The highest BCUT2D eigenvalue weighted by Crippen LogP contribution is 2.78. The van der Waals surface area contributed by atoms with Crippen LogP contribution in [-0.2, 0) is 19.1 Å². The number of nitriles is 1. The molecule has 0 aliphatic heterocycles. The zero-order valence-corrected chi connectivity index (χ0v) is 30.2. The van der Waals surface area contributed by atoms with E-state index in [1.807, 2.05) is 13.8 Å². The minimum absolute atomic E-state index is 0.0986. The molecule has 252 valence electrons. The molecule has 5 aliphatic carbocycles. The first-order valence-electron chi connectivity index (χ1n) is 18.2. The van der Waals surface area contributed by atoms with E-state index in [0.29, 0.717) is 46.8 Å². The average molecular weight is 622 g/mol. The quantitative estimate of drug-likeness (QED) is 0.199. The number of carbonyl (C=O) groups excluding carboxylic acids is 2. The molecule has 0 saturated heterocycles. The molecule has 5 saturated carbocycles. The molecule has 4 unspecified atom stereocenters. The molecule has 0 aromatic carbocycles. The van der Waals surface area contributed by atoms with Crippen molar-refractivity contribution < 1.29 is 19.1 Å². The Kier molecular flexibility index (Phi) is 8.97. The summed E-state index contributed by atoms with van der Waals surface area (Å²) in [5.74, 6) is 2.66. The first-order valence-corrected chi connectivity index (χ1v) is 18.2. The smallest absolute Gasteiger partial charge is 0.306 e. The van der Waals surface area contributed by atoms with Gasteiger partial charge in [0, 0.05) is 11.8 Å². The van der Waals surface area contributed by atoms with E-state index in [0.717, 1.165) is 19.3 Å². The van der Waals surface area contributed by atoms with Crippen molar-refractivity contribution in [1.29, 1.82) is 5.26 Å². The third-order valence-electron chi connectivity index (χ3n) is 15.7. The number of rotatable bonds is 8. The predicted octanol–water partition coefficient (Wildman–Crippen LogP) is 9.84. The lowest BCUT2D eigenvalue weighted by atomic mass is 9.32. The highest BCUT2D eigenvalue weighted by Gasteiger charge is 2.71. The van der Waals surface area contributed by atoms with Crippen molar-refractivity contribution in [3.63, 3.8) is 0 Å². The molecule has 0 aromatic heterocycles. The molecule has 0 amide bonds. The van der Waals surface area contributed by atoms with Crippen LogP contribution in [0.4, 0.5) is 0 Å². The fourth-order valence-corrected chi connectivity index (χ4v) is 13.3. The van der Waals surface area contributed by atoms with Crippen molar-refractivity contribution in [3.05, 3.63) is 12.2 Å². The van der Waals surface area contributed by atoms with E-state index in [-0.39, 0.29) is 47.1 Å². The molecule has 0 bridgehead atoms. The van der Waals surface area contributed by atoms with Gasteiger partial charge in [-0.15, -0.1) is 0 Å². The number of methoxy groups -OCH3 is 1. The number of esters is 2. The Hall–Kier alpha value is -1.83. The van der Waals surface area contributed by atoms with Gasteiger partial charge in [-0.2, -0.15) is 5.26 Å². The monoisotopic (exact) mass is 621 g/mol. The maximum atomic E-state index is 13.3. The van der Waals surface area contributed by atoms with Crippen LogP contribution >= 0.6 is 0 Å².